The molecule has 1 aliphatic heterocycles. The molecule has 0 bridgehead atoms. The van der Waals surface area contributed by atoms with E-state index in [1.807, 2.05) is 42.2 Å². The fourth-order valence-corrected chi connectivity index (χ4v) is 6.14. The lowest BCUT2D eigenvalue weighted by Crippen LogP contribution is -2.43. The van der Waals surface area contributed by atoms with E-state index < -0.39 is 8.32 Å². The van der Waals surface area contributed by atoms with E-state index >= 15 is 0 Å². The molecule has 1 saturated heterocycles. The Morgan fingerprint density at radius 2 is 1.84 bits per heavy atom. The van der Waals surface area contributed by atoms with Crippen molar-refractivity contribution in [1.29, 1.82) is 0 Å². The summed E-state index contributed by atoms with van der Waals surface area (Å²) in [6, 6.07) is 16.5. The molecule has 1 aliphatic rings. The Kier molecular flexibility index (Phi) is 11.1. The van der Waals surface area contributed by atoms with Crippen molar-refractivity contribution in [2.75, 3.05) is 33.0 Å². The normalized spacial score (nSPS) is 16.7. The molecule has 244 valence electrons. The van der Waals surface area contributed by atoms with Gasteiger partial charge in [0.05, 0.1) is 57.4 Å². The lowest BCUT2D eigenvalue weighted by atomic mass is 10.1. The van der Waals surface area contributed by atoms with Crippen molar-refractivity contribution in [2.45, 2.75) is 90.6 Å². The predicted octanol–water partition coefficient (Wildman–Crippen LogP) is 7.62. The highest BCUT2D eigenvalue weighted by Gasteiger charge is 2.39. The van der Waals surface area contributed by atoms with Gasteiger partial charge in [-0.2, -0.15) is 10.2 Å². The van der Waals surface area contributed by atoms with Crippen LogP contribution in [-0.2, 0) is 32.1 Å². The zero-order valence-corrected chi connectivity index (χ0v) is 28.8. The maximum Gasteiger partial charge on any atom is 0.250 e. The Bertz CT molecular complexity index is 1490. The molecule has 1 fully saturated rings. The summed E-state index contributed by atoms with van der Waals surface area (Å²) in [4.78, 5) is 0. The summed E-state index contributed by atoms with van der Waals surface area (Å²) in [6.07, 6.45) is 7.04. The van der Waals surface area contributed by atoms with Crippen LogP contribution in [0.4, 0.5) is 0 Å². The number of rotatable bonds is 15. The minimum Gasteiger partial charge on any atom is -0.543 e. The second-order valence-corrected chi connectivity index (χ2v) is 18.2. The predicted molar refractivity (Wildman–Crippen MR) is 180 cm³/mol. The lowest BCUT2D eigenvalue weighted by molar-refractivity contribution is -0.0365. The zero-order valence-electron chi connectivity index (χ0n) is 27.8. The van der Waals surface area contributed by atoms with E-state index in [-0.39, 0.29) is 17.4 Å². The van der Waals surface area contributed by atoms with Crippen molar-refractivity contribution in [3.63, 3.8) is 0 Å². The molecular weight excluding hydrogens is 584 g/mol. The summed E-state index contributed by atoms with van der Waals surface area (Å²) in [7, 11) is -2.00. The van der Waals surface area contributed by atoms with Gasteiger partial charge in [0.2, 0.25) is 8.32 Å². The van der Waals surface area contributed by atoms with Gasteiger partial charge in [0, 0.05) is 23.8 Å². The maximum atomic E-state index is 6.68. The van der Waals surface area contributed by atoms with Gasteiger partial charge in [0.15, 0.2) is 6.23 Å². The molecule has 10 heteroatoms. The first-order valence-electron chi connectivity index (χ1n) is 16.3. The van der Waals surface area contributed by atoms with Crippen LogP contribution in [0.2, 0.25) is 18.1 Å². The third-order valence-electron chi connectivity index (χ3n) is 8.75. The van der Waals surface area contributed by atoms with Gasteiger partial charge < -0.3 is 23.4 Å². The molecule has 4 aromatic rings. The molecule has 9 nitrogen and oxygen atoms in total. The number of nitrogens with zero attached hydrogens (tertiary/aromatic N) is 4. The molecule has 1 unspecified atom stereocenters. The molecule has 0 saturated carbocycles. The highest BCUT2D eigenvalue weighted by molar-refractivity contribution is 6.74. The molecule has 3 heterocycles. The van der Waals surface area contributed by atoms with Crippen LogP contribution in [0, 0.1) is 0 Å². The number of fused-ring (bicyclic) bond motifs is 1. The van der Waals surface area contributed by atoms with Crippen molar-refractivity contribution in [1.82, 2.24) is 19.6 Å². The highest BCUT2D eigenvalue weighted by Crippen LogP contribution is 2.39. The monoisotopic (exact) mass is 634 g/mol. The van der Waals surface area contributed by atoms with Crippen molar-refractivity contribution in [2.24, 2.45) is 0 Å². The van der Waals surface area contributed by atoms with Crippen LogP contribution in [0.5, 0.6) is 5.75 Å². The number of benzene rings is 2. The smallest absolute Gasteiger partial charge is 0.250 e. The minimum absolute atomic E-state index is 0.0152. The third-order valence-corrected chi connectivity index (χ3v) is 13.1. The molecule has 0 radical (unpaired) electrons. The molecular formula is C35H50N4O5Si. The largest absolute Gasteiger partial charge is 0.543 e. The molecule has 0 N–H and O–H groups in total. The SMILES string of the molecule is C[C@H](COCCn1cc(-c2nn(C3CCCCO3)c3ccc(O[Si](C)(C)C(C)(C)C)cc23)cn1)OCCOCc1ccccc1. The van der Waals surface area contributed by atoms with Crippen LogP contribution >= 0.6 is 0 Å². The van der Waals surface area contributed by atoms with Crippen molar-refractivity contribution in [3.05, 3.63) is 66.5 Å². The molecule has 0 amide bonds. The Balaban J connectivity index is 1.18. The third kappa shape index (κ3) is 8.83. The van der Waals surface area contributed by atoms with Crippen LogP contribution in [0.15, 0.2) is 60.9 Å². The van der Waals surface area contributed by atoms with Gasteiger partial charge in [-0.15, -0.1) is 0 Å². The van der Waals surface area contributed by atoms with Crippen LogP contribution in [0.1, 0.15) is 58.7 Å². The summed E-state index contributed by atoms with van der Waals surface area (Å²) in [5.74, 6) is 0.888. The number of ether oxygens (including phenoxy) is 4. The Morgan fingerprint density at radius 3 is 2.60 bits per heavy atom. The van der Waals surface area contributed by atoms with Crippen LogP contribution < -0.4 is 4.43 Å². The van der Waals surface area contributed by atoms with Gasteiger partial charge in [0.1, 0.15) is 11.4 Å². The van der Waals surface area contributed by atoms with Crippen molar-refractivity contribution in [3.8, 4) is 17.0 Å². The van der Waals surface area contributed by atoms with Gasteiger partial charge in [0.25, 0.3) is 0 Å². The average molecular weight is 635 g/mol. The van der Waals surface area contributed by atoms with E-state index in [9.17, 15) is 0 Å². The summed E-state index contributed by atoms with van der Waals surface area (Å²) < 4.78 is 34.2. The van der Waals surface area contributed by atoms with Gasteiger partial charge in [-0.3, -0.25) is 4.68 Å². The minimum atomic E-state index is -2.00. The van der Waals surface area contributed by atoms with Gasteiger partial charge in [-0.25, -0.2) is 4.68 Å². The first kappa shape index (κ1) is 33.3. The van der Waals surface area contributed by atoms with Crippen LogP contribution in [0.3, 0.4) is 0 Å². The molecule has 2 aromatic heterocycles. The van der Waals surface area contributed by atoms with E-state index in [0.29, 0.717) is 39.6 Å². The zero-order chi connectivity index (χ0) is 31.9. The van der Waals surface area contributed by atoms with E-state index in [1.54, 1.807) is 0 Å². The Hall–Kier alpha value is -3.02. The molecule has 0 spiro atoms. The van der Waals surface area contributed by atoms with E-state index in [0.717, 1.165) is 59.3 Å². The highest BCUT2D eigenvalue weighted by atomic mass is 28.4. The Morgan fingerprint density at radius 1 is 1.02 bits per heavy atom. The summed E-state index contributed by atoms with van der Waals surface area (Å²) in [6.45, 7) is 17.5. The molecule has 5 rings (SSSR count). The van der Waals surface area contributed by atoms with Crippen LogP contribution in [-0.4, -0.2) is 67.0 Å². The van der Waals surface area contributed by atoms with Crippen molar-refractivity contribution >= 4 is 19.2 Å². The average Bonchev–Trinajstić information content (AvgIpc) is 3.64. The first-order valence-corrected chi connectivity index (χ1v) is 19.2. The van der Waals surface area contributed by atoms with Gasteiger partial charge >= 0.3 is 0 Å². The molecule has 2 atom stereocenters. The van der Waals surface area contributed by atoms with E-state index in [1.165, 1.54) is 0 Å². The Labute approximate surface area is 268 Å². The fraction of sp³-hybridized carbons (Fsp3) is 0.543. The topological polar surface area (TPSA) is 81.8 Å². The molecule has 2 aromatic carbocycles. The fourth-order valence-electron chi connectivity index (χ4n) is 5.12. The standard InChI is InChI=1S/C35H50N4O5Si/c1-27(42-21-20-41-26-28-12-8-7-9-13-28)25-40-19-17-38-24-29(23-36-38)34-31-22-30(44-45(5,6)35(2,3)4)15-16-32(31)39(37-34)33-14-10-11-18-43-33/h7-9,12-13,15-16,22-24,27,33H,10-11,14,17-21,25-26H2,1-6H3/t27-,33?/m1/s1. The van der Waals surface area contributed by atoms with Gasteiger partial charge in [-0.1, -0.05) is 51.1 Å². The molecule has 0 aliphatic carbocycles. The summed E-state index contributed by atoms with van der Waals surface area (Å²) in [5.41, 5.74) is 4.07. The number of aromatic nitrogens is 4. The second kappa shape index (κ2) is 15.0. The van der Waals surface area contributed by atoms with Crippen LogP contribution in [0.25, 0.3) is 22.2 Å². The number of hydrogen-bond acceptors (Lipinski definition) is 7. The molecule has 45 heavy (non-hydrogen) atoms. The summed E-state index contributed by atoms with van der Waals surface area (Å²) >= 11 is 0. The quantitative estimate of drug-likeness (QED) is 0.0983. The number of hydrogen-bond donors (Lipinski definition) is 0. The first-order chi connectivity index (χ1) is 21.6. The van der Waals surface area contributed by atoms with E-state index in [2.05, 4.69) is 74.0 Å². The second-order valence-electron chi connectivity index (χ2n) is 13.4. The maximum absolute atomic E-state index is 6.68. The van der Waals surface area contributed by atoms with Crippen molar-refractivity contribution < 1.29 is 23.4 Å². The van der Waals surface area contributed by atoms with E-state index in [4.69, 9.17) is 28.5 Å². The van der Waals surface area contributed by atoms with Gasteiger partial charge in [-0.05, 0) is 68.1 Å². The lowest BCUT2D eigenvalue weighted by Gasteiger charge is -2.36. The summed E-state index contributed by atoms with van der Waals surface area (Å²) in [5, 5.41) is 10.9.